The Labute approximate surface area is 188 Å². The van der Waals surface area contributed by atoms with Crippen LogP contribution in [0.3, 0.4) is 0 Å². The number of aryl methyl sites for hydroxylation is 3. The lowest BCUT2D eigenvalue weighted by molar-refractivity contribution is 0.102. The van der Waals surface area contributed by atoms with Gasteiger partial charge in [-0.25, -0.2) is 4.98 Å². The number of aromatic nitrogens is 3. The lowest BCUT2D eigenvalue weighted by Crippen LogP contribution is -2.21. The minimum atomic E-state index is -0.356. The van der Waals surface area contributed by atoms with Crippen LogP contribution in [-0.4, -0.2) is 20.4 Å². The zero-order valence-corrected chi connectivity index (χ0v) is 18.7. The van der Waals surface area contributed by atoms with E-state index in [2.05, 4.69) is 15.3 Å². The van der Waals surface area contributed by atoms with Crippen LogP contribution in [-0.2, 0) is 0 Å². The molecule has 0 spiro atoms. The van der Waals surface area contributed by atoms with Crippen LogP contribution >= 0.6 is 22.9 Å². The van der Waals surface area contributed by atoms with E-state index < -0.39 is 0 Å². The van der Waals surface area contributed by atoms with Gasteiger partial charge in [0, 0.05) is 28.4 Å². The van der Waals surface area contributed by atoms with Gasteiger partial charge in [0.25, 0.3) is 11.5 Å². The zero-order valence-electron chi connectivity index (χ0n) is 17.1. The normalized spacial score (nSPS) is 10.8. The molecule has 0 saturated carbocycles. The number of thiazole rings is 1. The maximum atomic E-state index is 12.9. The van der Waals surface area contributed by atoms with Crippen LogP contribution in [0.15, 0.2) is 59.7 Å². The summed E-state index contributed by atoms with van der Waals surface area (Å²) < 4.78 is 1.42. The molecule has 1 aromatic carbocycles. The van der Waals surface area contributed by atoms with Crippen LogP contribution in [0.5, 0.6) is 0 Å². The highest BCUT2D eigenvalue weighted by atomic mass is 35.5. The standard InChI is InChI=1S/C23H19ClN4O2S/c1-13-4-8-18(25-11-13)21-15(3)31-23(26-21)27-22(30)16-6-9-20(29)28(12-16)19-10-17(24)7-5-14(19)2/h4-12H,1-3H3,(H,26,27,30). The van der Waals surface area contributed by atoms with Crippen LogP contribution in [0, 0.1) is 20.8 Å². The van der Waals surface area contributed by atoms with Crippen molar-refractivity contribution in [3.8, 4) is 17.1 Å². The smallest absolute Gasteiger partial charge is 0.258 e. The van der Waals surface area contributed by atoms with Gasteiger partial charge < -0.3 is 0 Å². The van der Waals surface area contributed by atoms with Crippen LogP contribution < -0.4 is 10.9 Å². The van der Waals surface area contributed by atoms with E-state index in [4.69, 9.17) is 11.6 Å². The Morgan fingerprint density at radius 1 is 1.10 bits per heavy atom. The van der Waals surface area contributed by atoms with Gasteiger partial charge in [-0.15, -0.1) is 11.3 Å². The predicted octanol–water partition coefficient (Wildman–Crippen LogP) is 5.19. The second-order valence-electron chi connectivity index (χ2n) is 7.16. The monoisotopic (exact) mass is 450 g/mol. The molecule has 6 nitrogen and oxygen atoms in total. The first kappa shape index (κ1) is 21.0. The van der Waals surface area contributed by atoms with E-state index in [9.17, 15) is 9.59 Å². The lowest BCUT2D eigenvalue weighted by Gasteiger charge is -2.11. The number of benzene rings is 1. The van der Waals surface area contributed by atoms with E-state index in [-0.39, 0.29) is 11.5 Å². The predicted molar refractivity (Wildman–Crippen MR) is 125 cm³/mol. The van der Waals surface area contributed by atoms with Gasteiger partial charge in [0.05, 0.1) is 16.9 Å². The van der Waals surface area contributed by atoms with Gasteiger partial charge in [0.15, 0.2) is 5.13 Å². The number of nitrogens with zero attached hydrogens (tertiary/aromatic N) is 3. The van der Waals surface area contributed by atoms with E-state index in [1.165, 1.54) is 34.2 Å². The number of nitrogens with one attached hydrogen (secondary N) is 1. The highest BCUT2D eigenvalue weighted by Crippen LogP contribution is 2.29. The van der Waals surface area contributed by atoms with Gasteiger partial charge in [-0.1, -0.05) is 23.7 Å². The molecule has 0 radical (unpaired) electrons. The summed E-state index contributed by atoms with van der Waals surface area (Å²) in [7, 11) is 0. The van der Waals surface area contributed by atoms with Gasteiger partial charge in [0.2, 0.25) is 0 Å². The summed E-state index contributed by atoms with van der Waals surface area (Å²) in [4.78, 5) is 35.2. The second kappa shape index (κ2) is 8.45. The Morgan fingerprint density at radius 2 is 1.90 bits per heavy atom. The van der Waals surface area contributed by atoms with Gasteiger partial charge in [-0.05, 0) is 56.2 Å². The third kappa shape index (κ3) is 4.42. The molecular formula is C23H19ClN4O2S. The summed E-state index contributed by atoms with van der Waals surface area (Å²) in [6.07, 6.45) is 3.30. The zero-order chi connectivity index (χ0) is 22.1. The second-order valence-corrected chi connectivity index (χ2v) is 8.80. The van der Waals surface area contributed by atoms with Crippen molar-refractivity contribution in [2.75, 3.05) is 5.32 Å². The molecule has 0 bridgehead atoms. The molecule has 0 saturated heterocycles. The number of anilines is 1. The molecule has 4 aromatic rings. The maximum Gasteiger partial charge on any atom is 0.258 e. The molecule has 1 amide bonds. The lowest BCUT2D eigenvalue weighted by atomic mass is 10.2. The number of hydrogen-bond donors (Lipinski definition) is 1. The number of pyridine rings is 2. The fourth-order valence-electron chi connectivity index (χ4n) is 3.12. The first-order valence-corrected chi connectivity index (χ1v) is 10.7. The SMILES string of the molecule is Cc1ccc(-c2nc(NC(=O)c3ccc(=O)n(-c4cc(Cl)ccc4C)c3)sc2C)nc1. The van der Waals surface area contributed by atoms with Crippen LogP contribution in [0.25, 0.3) is 17.1 Å². The average Bonchev–Trinajstić information content (AvgIpc) is 3.10. The third-order valence-corrected chi connectivity index (χ3v) is 5.90. The van der Waals surface area contributed by atoms with Crippen molar-refractivity contribution >= 4 is 34.0 Å². The summed E-state index contributed by atoms with van der Waals surface area (Å²) in [5.74, 6) is -0.356. The number of carbonyl (C=O) groups excluding carboxylic acids is 1. The molecule has 3 aromatic heterocycles. The van der Waals surface area contributed by atoms with Gasteiger partial charge in [0.1, 0.15) is 5.69 Å². The Hall–Kier alpha value is -3.29. The molecule has 0 atom stereocenters. The van der Waals surface area contributed by atoms with E-state index in [0.29, 0.717) is 21.4 Å². The Morgan fingerprint density at radius 3 is 2.65 bits per heavy atom. The summed E-state index contributed by atoms with van der Waals surface area (Å²) in [5, 5.41) is 3.80. The topological polar surface area (TPSA) is 76.9 Å². The van der Waals surface area contributed by atoms with E-state index in [1.807, 2.05) is 39.0 Å². The fraction of sp³-hybridized carbons (Fsp3) is 0.130. The molecule has 0 fully saturated rings. The average molecular weight is 451 g/mol. The summed E-state index contributed by atoms with van der Waals surface area (Å²) >= 11 is 7.47. The number of amides is 1. The minimum absolute atomic E-state index is 0.250. The van der Waals surface area contributed by atoms with Crippen LogP contribution in [0.1, 0.15) is 26.4 Å². The van der Waals surface area contributed by atoms with Crippen molar-refractivity contribution in [1.82, 2.24) is 14.5 Å². The van der Waals surface area contributed by atoms with E-state index in [0.717, 1.165) is 27.4 Å². The van der Waals surface area contributed by atoms with Gasteiger partial charge in [-0.2, -0.15) is 0 Å². The van der Waals surface area contributed by atoms with Crippen molar-refractivity contribution in [2.45, 2.75) is 20.8 Å². The summed E-state index contributed by atoms with van der Waals surface area (Å²) in [6, 6.07) is 12.0. The fourth-order valence-corrected chi connectivity index (χ4v) is 4.10. The molecule has 4 rings (SSSR count). The quantitative estimate of drug-likeness (QED) is 0.464. The number of halogens is 1. The molecule has 0 unspecified atom stereocenters. The first-order valence-electron chi connectivity index (χ1n) is 9.53. The maximum absolute atomic E-state index is 12.9. The highest BCUT2D eigenvalue weighted by Gasteiger charge is 2.15. The summed E-state index contributed by atoms with van der Waals surface area (Å²) in [5.41, 5.74) is 4.14. The van der Waals surface area contributed by atoms with E-state index >= 15 is 0 Å². The molecular weight excluding hydrogens is 432 g/mol. The van der Waals surface area contributed by atoms with Crippen molar-refractivity contribution < 1.29 is 4.79 Å². The molecule has 0 aliphatic heterocycles. The first-order chi connectivity index (χ1) is 14.8. The van der Waals surface area contributed by atoms with Crippen molar-refractivity contribution in [3.05, 3.63) is 91.8 Å². The Kier molecular flexibility index (Phi) is 5.71. The van der Waals surface area contributed by atoms with Gasteiger partial charge >= 0.3 is 0 Å². The van der Waals surface area contributed by atoms with E-state index in [1.54, 1.807) is 18.3 Å². The van der Waals surface area contributed by atoms with Crippen molar-refractivity contribution in [3.63, 3.8) is 0 Å². The molecule has 3 heterocycles. The highest BCUT2D eigenvalue weighted by molar-refractivity contribution is 7.16. The molecule has 0 aliphatic carbocycles. The largest absolute Gasteiger partial charge is 0.298 e. The summed E-state index contributed by atoms with van der Waals surface area (Å²) in [6.45, 7) is 5.79. The molecule has 156 valence electrons. The van der Waals surface area contributed by atoms with Crippen LogP contribution in [0.4, 0.5) is 5.13 Å². The Balaban J connectivity index is 1.63. The number of rotatable bonds is 4. The Bertz CT molecular complexity index is 1340. The minimum Gasteiger partial charge on any atom is -0.298 e. The van der Waals surface area contributed by atoms with Gasteiger partial charge in [-0.3, -0.25) is 24.5 Å². The molecule has 8 heteroatoms. The molecule has 0 aliphatic rings. The van der Waals surface area contributed by atoms with Crippen molar-refractivity contribution in [1.29, 1.82) is 0 Å². The number of carbonyl (C=O) groups is 1. The molecule has 1 N–H and O–H groups in total. The third-order valence-electron chi connectivity index (χ3n) is 4.78. The molecule has 31 heavy (non-hydrogen) atoms. The van der Waals surface area contributed by atoms with Crippen molar-refractivity contribution in [2.24, 2.45) is 0 Å². The number of hydrogen-bond acceptors (Lipinski definition) is 5. The van der Waals surface area contributed by atoms with Crippen LogP contribution in [0.2, 0.25) is 5.02 Å².